The van der Waals surface area contributed by atoms with E-state index in [-0.39, 0.29) is 5.41 Å². The van der Waals surface area contributed by atoms with Gasteiger partial charge in [-0.15, -0.1) is 0 Å². The van der Waals surface area contributed by atoms with Crippen molar-refractivity contribution in [2.24, 2.45) is 0 Å². The van der Waals surface area contributed by atoms with Crippen molar-refractivity contribution in [1.29, 1.82) is 0 Å². The maximum Gasteiger partial charge on any atom is 0.0780 e. The van der Waals surface area contributed by atoms with Crippen LogP contribution >= 0.6 is 0 Å². The number of hydrogen-bond donors (Lipinski definition) is 0. The quantitative estimate of drug-likeness (QED) is 0.174. The van der Waals surface area contributed by atoms with Crippen LogP contribution in [-0.2, 0) is 5.41 Å². The van der Waals surface area contributed by atoms with Gasteiger partial charge in [-0.05, 0) is 95.5 Å². The molecule has 11 rings (SSSR count). The molecule has 0 bridgehead atoms. The fraction of sp³-hybridized carbons (Fsp3) is 0.0588. The van der Waals surface area contributed by atoms with Crippen LogP contribution < -0.4 is 0 Å². The van der Waals surface area contributed by atoms with Crippen molar-refractivity contribution in [2.75, 3.05) is 0 Å². The number of nitrogens with zero attached hydrogens (tertiary/aromatic N) is 2. The molecule has 0 aliphatic heterocycles. The number of fused-ring (bicyclic) bond motifs is 11. The molecule has 2 aromatic heterocycles. The highest BCUT2D eigenvalue weighted by atomic mass is 14.7. The molecule has 0 atom stereocenters. The van der Waals surface area contributed by atoms with E-state index in [1.807, 2.05) is 12.3 Å². The van der Waals surface area contributed by atoms with Crippen molar-refractivity contribution in [1.82, 2.24) is 9.97 Å². The second kappa shape index (κ2) is 11.2. The second-order valence-corrected chi connectivity index (χ2v) is 14.9. The summed E-state index contributed by atoms with van der Waals surface area (Å²) in [4.78, 5) is 10.0. The third-order valence-electron chi connectivity index (χ3n) is 11.7. The molecular weight excluding hydrogens is 641 g/mol. The fourth-order valence-electron chi connectivity index (χ4n) is 9.15. The van der Waals surface area contributed by atoms with E-state index in [4.69, 9.17) is 9.97 Å². The molecule has 0 radical (unpaired) electrons. The van der Waals surface area contributed by atoms with Crippen LogP contribution in [0.3, 0.4) is 0 Å². The Kier molecular flexibility index (Phi) is 6.33. The van der Waals surface area contributed by atoms with Gasteiger partial charge >= 0.3 is 0 Å². The van der Waals surface area contributed by atoms with Crippen molar-refractivity contribution in [2.45, 2.75) is 19.3 Å². The molecule has 2 nitrogen and oxygen atoms in total. The summed E-state index contributed by atoms with van der Waals surface area (Å²) >= 11 is 0. The van der Waals surface area contributed by atoms with Gasteiger partial charge in [0.15, 0.2) is 0 Å². The minimum atomic E-state index is -0.161. The summed E-state index contributed by atoms with van der Waals surface area (Å²) in [6, 6.07) is 59.9. The van der Waals surface area contributed by atoms with Gasteiger partial charge in [0.25, 0.3) is 0 Å². The summed E-state index contributed by atoms with van der Waals surface area (Å²) in [7, 11) is 0. The van der Waals surface area contributed by atoms with E-state index in [0.717, 1.165) is 27.7 Å². The number of rotatable bonds is 3. The predicted molar refractivity (Wildman–Crippen MR) is 223 cm³/mol. The fourth-order valence-corrected chi connectivity index (χ4v) is 9.15. The lowest BCUT2D eigenvalue weighted by atomic mass is 9.78. The molecular formula is C51H34N2. The standard InChI is InChI=1S/C51H34N2/c1-51(2)45-18-7-5-15-41(45)50-48(51)47(42-16-6-8-19-46(42)53-50)32-22-20-31(21-23-32)34-24-26-39-40-27-25-35(36-17-9-11-33-12-10-28-52-49(33)36)30-44(40)38-14-4-3-13-37(38)43(39)29-34/h3-30H,1-2H3. The van der Waals surface area contributed by atoms with E-state index in [2.05, 4.69) is 172 Å². The van der Waals surface area contributed by atoms with Gasteiger partial charge in [-0.1, -0.05) is 153 Å². The van der Waals surface area contributed by atoms with E-state index >= 15 is 0 Å². The van der Waals surface area contributed by atoms with Crippen LogP contribution in [0.5, 0.6) is 0 Å². The van der Waals surface area contributed by atoms with Crippen molar-refractivity contribution < 1.29 is 0 Å². The topological polar surface area (TPSA) is 25.8 Å². The molecule has 0 fully saturated rings. The van der Waals surface area contributed by atoms with E-state index in [0.29, 0.717) is 0 Å². The number of hydrogen-bond acceptors (Lipinski definition) is 2. The summed E-state index contributed by atoms with van der Waals surface area (Å²) in [5.41, 5.74) is 14.2. The molecule has 0 N–H and O–H groups in total. The van der Waals surface area contributed by atoms with Crippen LogP contribution in [0.2, 0.25) is 0 Å². The highest BCUT2D eigenvalue weighted by molar-refractivity contribution is 6.26. The van der Waals surface area contributed by atoms with Crippen molar-refractivity contribution in [3.63, 3.8) is 0 Å². The average molecular weight is 675 g/mol. The zero-order valence-corrected chi connectivity index (χ0v) is 29.6. The number of benzene rings is 8. The third kappa shape index (κ3) is 4.39. The first kappa shape index (κ1) is 30.0. The van der Waals surface area contributed by atoms with E-state index < -0.39 is 0 Å². The minimum absolute atomic E-state index is 0.161. The Morgan fingerprint density at radius 3 is 1.81 bits per heavy atom. The SMILES string of the molecule is CC1(C)c2ccccc2-c2nc3ccccc3c(-c3ccc(-c4ccc5c6ccc(-c7cccc8cccnc78)cc6c6ccccc6c5c4)cc3)c21. The Bertz CT molecular complexity index is 3110. The molecule has 248 valence electrons. The van der Waals surface area contributed by atoms with E-state index in [1.165, 1.54) is 82.2 Å². The Balaban J connectivity index is 1.05. The highest BCUT2D eigenvalue weighted by Crippen LogP contribution is 2.53. The lowest BCUT2D eigenvalue weighted by Gasteiger charge is -2.25. The molecule has 1 aliphatic carbocycles. The molecule has 0 saturated carbocycles. The highest BCUT2D eigenvalue weighted by Gasteiger charge is 2.39. The maximum atomic E-state index is 5.25. The van der Waals surface area contributed by atoms with Gasteiger partial charge in [0.05, 0.1) is 16.7 Å². The summed E-state index contributed by atoms with van der Waals surface area (Å²) in [6.45, 7) is 4.69. The molecule has 8 aromatic carbocycles. The number of aromatic nitrogens is 2. The monoisotopic (exact) mass is 674 g/mol. The lowest BCUT2D eigenvalue weighted by molar-refractivity contribution is 0.662. The van der Waals surface area contributed by atoms with Gasteiger partial charge in [-0.25, -0.2) is 4.98 Å². The molecule has 53 heavy (non-hydrogen) atoms. The van der Waals surface area contributed by atoms with Gasteiger partial charge in [0, 0.05) is 33.5 Å². The Hall–Kier alpha value is -6.64. The number of para-hydroxylation sites is 2. The van der Waals surface area contributed by atoms with Gasteiger partial charge in [-0.3, -0.25) is 4.98 Å². The first-order valence-electron chi connectivity index (χ1n) is 18.4. The van der Waals surface area contributed by atoms with Crippen LogP contribution in [0, 0.1) is 0 Å². The Labute approximate surface area is 308 Å². The zero-order chi connectivity index (χ0) is 35.3. The molecule has 0 saturated heterocycles. The smallest absolute Gasteiger partial charge is 0.0780 e. The van der Waals surface area contributed by atoms with Crippen molar-refractivity contribution in [3.8, 4) is 44.6 Å². The van der Waals surface area contributed by atoms with Crippen LogP contribution in [0.15, 0.2) is 170 Å². The van der Waals surface area contributed by atoms with Gasteiger partial charge in [0.1, 0.15) is 0 Å². The van der Waals surface area contributed by atoms with Crippen molar-refractivity contribution >= 4 is 54.1 Å². The molecule has 1 aliphatic rings. The molecule has 2 heteroatoms. The van der Waals surface area contributed by atoms with Crippen LogP contribution in [0.1, 0.15) is 25.0 Å². The third-order valence-corrected chi connectivity index (χ3v) is 11.7. The minimum Gasteiger partial charge on any atom is -0.256 e. The molecule has 0 amide bonds. The Morgan fingerprint density at radius 2 is 1.02 bits per heavy atom. The summed E-state index contributed by atoms with van der Waals surface area (Å²) in [6.07, 6.45) is 1.88. The molecule has 10 aromatic rings. The number of pyridine rings is 2. The zero-order valence-electron chi connectivity index (χ0n) is 29.6. The van der Waals surface area contributed by atoms with Crippen LogP contribution in [0.25, 0.3) is 98.8 Å². The second-order valence-electron chi connectivity index (χ2n) is 14.9. The van der Waals surface area contributed by atoms with Crippen LogP contribution in [0.4, 0.5) is 0 Å². The lowest BCUT2D eigenvalue weighted by Crippen LogP contribution is -2.16. The van der Waals surface area contributed by atoms with Crippen LogP contribution in [-0.4, -0.2) is 9.97 Å². The van der Waals surface area contributed by atoms with E-state index in [9.17, 15) is 0 Å². The summed E-state index contributed by atoms with van der Waals surface area (Å²) in [5, 5.41) is 9.94. The summed E-state index contributed by atoms with van der Waals surface area (Å²) in [5.74, 6) is 0. The first-order valence-corrected chi connectivity index (χ1v) is 18.4. The molecule has 2 heterocycles. The average Bonchev–Trinajstić information content (AvgIpc) is 3.45. The predicted octanol–water partition coefficient (Wildman–Crippen LogP) is 13.5. The van der Waals surface area contributed by atoms with Crippen molar-refractivity contribution in [3.05, 3.63) is 181 Å². The normalized spacial score (nSPS) is 13.2. The maximum absolute atomic E-state index is 5.25. The first-order chi connectivity index (χ1) is 26.0. The summed E-state index contributed by atoms with van der Waals surface area (Å²) < 4.78 is 0. The van der Waals surface area contributed by atoms with E-state index in [1.54, 1.807) is 0 Å². The molecule has 0 spiro atoms. The molecule has 0 unspecified atom stereocenters. The van der Waals surface area contributed by atoms with Gasteiger partial charge < -0.3 is 0 Å². The largest absolute Gasteiger partial charge is 0.256 e. The van der Waals surface area contributed by atoms with Gasteiger partial charge in [0.2, 0.25) is 0 Å². The van der Waals surface area contributed by atoms with Gasteiger partial charge in [-0.2, -0.15) is 0 Å². The Morgan fingerprint density at radius 1 is 0.434 bits per heavy atom.